The molecule has 398 valence electrons. The van der Waals surface area contributed by atoms with Gasteiger partial charge in [-0.25, -0.2) is 56.7 Å². The number of aromatic nitrogens is 8. The highest BCUT2D eigenvalue weighted by Crippen LogP contribution is 2.35. The number of amides is 2. The molecule has 0 radical (unpaired) electrons. The number of imidazole rings is 2. The molecule has 0 atom stereocenters. The van der Waals surface area contributed by atoms with E-state index in [0.29, 0.717) is 41.7 Å². The molecule has 8 aromatic rings. The van der Waals surface area contributed by atoms with Gasteiger partial charge in [-0.05, 0) is 128 Å². The first-order valence-electron chi connectivity index (χ1n) is 23.9. The van der Waals surface area contributed by atoms with E-state index in [0.717, 1.165) is 77.6 Å². The maximum atomic E-state index is 13.5. The van der Waals surface area contributed by atoms with Crippen LogP contribution >= 0.6 is 22.7 Å². The number of ether oxygens (including phenoxy) is 2. The number of hydrogen-bond acceptors (Lipinski definition) is 16. The molecule has 2 fully saturated rings. The van der Waals surface area contributed by atoms with Crippen LogP contribution in [0, 0.1) is 11.6 Å². The van der Waals surface area contributed by atoms with Crippen LogP contribution in [0.2, 0.25) is 0 Å². The van der Waals surface area contributed by atoms with Crippen LogP contribution in [0.15, 0.2) is 101 Å². The van der Waals surface area contributed by atoms with E-state index < -0.39 is 21.0 Å². The second-order valence-corrected chi connectivity index (χ2v) is 23.4. The minimum atomic E-state index is -3.54. The monoisotopic (exact) mass is 1080 g/mol. The Hall–Kier alpha value is -6.95. The number of carbonyl (C=O) groups excluding carboxylic acids is 2. The van der Waals surface area contributed by atoms with Crippen molar-refractivity contribution in [3.63, 3.8) is 0 Å². The fourth-order valence-electron chi connectivity index (χ4n) is 8.01. The third kappa shape index (κ3) is 14.3. The number of rotatable bonds is 7. The maximum Gasteiger partial charge on any atom is 0.410 e. The lowest BCUT2D eigenvalue weighted by atomic mass is 10.1. The summed E-state index contributed by atoms with van der Waals surface area (Å²) in [6, 6.07) is 16.2. The van der Waals surface area contributed by atoms with Crippen LogP contribution in [0.25, 0.3) is 55.2 Å². The van der Waals surface area contributed by atoms with Crippen molar-refractivity contribution in [1.29, 1.82) is 0 Å². The standard InChI is InChI=1S/C25H27FN6O2S.C16H11FN4O2S2.C10H20N2O2.CH4/c1-25(2,3)34-24(33)31-12-9-18(10-13-31)28-22-27-11-8-19(29-22)21-20(16-4-6-17(26)7-5-16)30-23-32(21)14-15-35-23;1-25(22,23)15-18-7-6-12(19-15)14-13(10-2-4-11(17)5-3-10)20-16-21(14)8-9-24-16;1-10(2,3)14-9(13)12-6-4-8(11)5-7-12;/h4-8,11,14-15,18H,9-10,12-13H2,1-3H3,(H,27,28,29);2-9H,1H3;8H,4-7,11H2,1-3H3;1H4. The van der Waals surface area contributed by atoms with E-state index in [4.69, 9.17) is 25.2 Å². The summed E-state index contributed by atoms with van der Waals surface area (Å²) in [5, 5.41) is 7.02. The van der Waals surface area contributed by atoms with Crippen molar-refractivity contribution in [2.24, 2.45) is 5.73 Å². The van der Waals surface area contributed by atoms with Gasteiger partial charge in [0.1, 0.15) is 34.2 Å². The fraction of sp³-hybridized carbons (Fsp3) is 0.385. The third-order valence-electron chi connectivity index (χ3n) is 11.5. The summed E-state index contributed by atoms with van der Waals surface area (Å²) in [4.78, 5) is 55.6. The highest BCUT2D eigenvalue weighted by molar-refractivity contribution is 7.90. The summed E-state index contributed by atoms with van der Waals surface area (Å²) in [6.45, 7) is 13.9. The van der Waals surface area contributed by atoms with Crippen molar-refractivity contribution in [3.05, 3.63) is 108 Å². The number of thiazole rings is 2. The van der Waals surface area contributed by atoms with Gasteiger partial charge in [-0.2, -0.15) is 0 Å². The minimum Gasteiger partial charge on any atom is -0.444 e. The molecule has 2 aliphatic rings. The van der Waals surface area contributed by atoms with Crippen molar-refractivity contribution in [2.75, 3.05) is 37.8 Å². The number of fused-ring (bicyclic) bond motifs is 2. The molecule has 0 unspecified atom stereocenters. The number of sulfone groups is 1. The zero-order chi connectivity index (χ0) is 53.0. The van der Waals surface area contributed by atoms with Gasteiger partial charge in [0, 0.05) is 91.2 Å². The topological polar surface area (TPSA) is 217 Å². The molecule has 2 aliphatic heterocycles. The number of likely N-dealkylation sites (tertiary alicyclic amines) is 2. The zero-order valence-corrected chi connectivity index (χ0v) is 44.5. The number of nitrogens with zero attached hydrogens (tertiary/aromatic N) is 10. The van der Waals surface area contributed by atoms with Gasteiger partial charge in [-0.1, -0.05) is 7.43 Å². The summed E-state index contributed by atoms with van der Waals surface area (Å²) in [6.07, 6.45) is 10.8. The molecule has 0 bridgehead atoms. The lowest BCUT2D eigenvalue weighted by molar-refractivity contribution is 0.0197. The molecule has 75 heavy (non-hydrogen) atoms. The van der Waals surface area contributed by atoms with E-state index in [1.54, 1.807) is 46.3 Å². The van der Waals surface area contributed by atoms with Gasteiger partial charge < -0.3 is 30.3 Å². The van der Waals surface area contributed by atoms with Gasteiger partial charge in [0.15, 0.2) is 9.92 Å². The van der Waals surface area contributed by atoms with Gasteiger partial charge >= 0.3 is 12.2 Å². The predicted octanol–water partition coefficient (Wildman–Crippen LogP) is 10.5. The molecule has 23 heteroatoms. The number of halogens is 2. The first-order chi connectivity index (χ1) is 35.1. The van der Waals surface area contributed by atoms with Crippen molar-refractivity contribution >= 4 is 60.6 Å². The summed E-state index contributed by atoms with van der Waals surface area (Å²) >= 11 is 2.97. The number of nitrogens with one attached hydrogen (secondary N) is 1. The Morgan fingerprint density at radius 1 is 0.653 bits per heavy atom. The van der Waals surface area contributed by atoms with E-state index in [1.807, 2.05) is 79.6 Å². The fourth-order valence-corrected chi connectivity index (χ4v) is 9.96. The van der Waals surface area contributed by atoms with Crippen LogP contribution < -0.4 is 11.1 Å². The minimum absolute atomic E-state index is 0. The predicted molar refractivity (Wildman–Crippen MR) is 288 cm³/mol. The number of nitrogens with two attached hydrogens (primary N) is 1. The lowest BCUT2D eigenvalue weighted by Gasteiger charge is -2.33. The number of carbonyl (C=O) groups is 2. The van der Waals surface area contributed by atoms with Crippen LogP contribution in [-0.2, 0) is 19.3 Å². The van der Waals surface area contributed by atoms with Gasteiger partial charge in [0.25, 0.3) is 0 Å². The smallest absolute Gasteiger partial charge is 0.410 e. The third-order valence-corrected chi connectivity index (χ3v) is 13.9. The molecule has 2 aromatic carbocycles. The maximum absolute atomic E-state index is 13.5. The Kier molecular flexibility index (Phi) is 17.3. The van der Waals surface area contributed by atoms with Crippen molar-refractivity contribution in [1.82, 2.24) is 48.5 Å². The van der Waals surface area contributed by atoms with E-state index >= 15 is 0 Å². The average Bonchev–Trinajstić information content (AvgIpc) is 4.15. The van der Waals surface area contributed by atoms with E-state index in [2.05, 4.69) is 25.3 Å². The summed E-state index contributed by atoms with van der Waals surface area (Å²) in [5.41, 5.74) is 10.3. The molecule has 3 N–H and O–H groups in total. The Labute approximate surface area is 443 Å². The van der Waals surface area contributed by atoms with Crippen LogP contribution in [0.3, 0.4) is 0 Å². The van der Waals surface area contributed by atoms with E-state index in [9.17, 15) is 26.8 Å². The molecule has 18 nitrogen and oxygen atoms in total. The largest absolute Gasteiger partial charge is 0.444 e. The molecular weight excluding hydrogens is 1020 g/mol. The van der Waals surface area contributed by atoms with Crippen molar-refractivity contribution < 1.29 is 36.3 Å². The Morgan fingerprint density at radius 3 is 1.52 bits per heavy atom. The first-order valence-corrected chi connectivity index (χ1v) is 27.5. The second kappa shape index (κ2) is 23.3. The molecular formula is C52H62F2N12O6S3. The molecule has 10 rings (SSSR count). The van der Waals surface area contributed by atoms with Crippen molar-refractivity contribution in [3.8, 4) is 45.3 Å². The normalized spacial score (nSPS) is 14.6. The van der Waals surface area contributed by atoms with Crippen molar-refractivity contribution in [2.45, 2.75) is 103 Å². The Morgan fingerprint density at radius 2 is 1.08 bits per heavy atom. The molecule has 8 heterocycles. The number of anilines is 1. The SMILES string of the molecule is C.CC(C)(C)OC(=O)N1CCC(N)CC1.CC(C)(C)OC(=O)N1CCC(Nc2nccc(-c3c(-c4ccc(F)cc4)nc4sccn34)n2)CC1.CS(=O)(=O)c1nccc(-c2c(-c3ccc(F)cc3)nc3sccn23)n1. The van der Waals surface area contributed by atoms with Gasteiger partial charge in [0.05, 0.1) is 22.8 Å². The van der Waals surface area contributed by atoms with Crippen LogP contribution in [-0.4, -0.2) is 125 Å². The lowest BCUT2D eigenvalue weighted by Crippen LogP contribution is -2.44. The second-order valence-electron chi connectivity index (χ2n) is 19.7. The Bertz CT molecular complexity index is 3330. The number of hydrogen-bond donors (Lipinski definition) is 2. The molecule has 0 aliphatic carbocycles. The summed E-state index contributed by atoms with van der Waals surface area (Å²) in [7, 11) is -3.54. The first kappa shape index (κ1) is 55.8. The van der Waals surface area contributed by atoms with Gasteiger partial charge in [0.2, 0.25) is 20.9 Å². The molecule has 0 spiro atoms. The van der Waals surface area contributed by atoms with E-state index in [-0.39, 0.29) is 48.5 Å². The average molecular weight is 1090 g/mol. The summed E-state index contributed by atoms with van der Waals surface area (Å²) < 4.78 is 64.9. The van der Waals surface area contributed by atoms with Crippen LogP contribution in [0.1, 0.15) is 74.7 Å². The van der Waals surface area contributed by atoms with Crippen LogP contribution in [0.4, 0.5) is 24.3 Å². The highest BCUT2D eigenvalue weighted by atomic mass is 32.2. The van der Waals surface area contributed by atoms with E-state index in [1.165, 1.54) is 53.1 Å². The highest BCUT2D eigenvalue weighted by Gasteiger charge is 2.29. The van der Waals surface area contributed by atoms with Crippen LogP contribution in [0.5, 0.6) is 0 Å². The quantitative estimate of drug-likeness (QED) is 0.142. The molecule has 0 saturated carbocycles. The number of benzene rings is 2. The Balaban J connectivity index is 0.000000179. The molecule has 2 saturated heterocycles. The zero-order valence-electron chi connectivity index (χ0n) is 42.0. The van der Waals surface area contributed by atoms with Gasteiger partial charge in [-0.3, -0.25) is 8.80 Å². The number of piperidine rings is 2. The van der Waals surface area contributed by atoms with Gasteiger partial charge in [-0.15, -0.1) is 22.7 Å². The molecule has 2 amide bonds. The summed E-state index contributed by atoms with van der Waals surface area (Å²) in [5.74, 6) is -0.108. The molecule has 6 aromatic heterocycles.